The second kappa shape index (κ2) is 4.08. The zero-order valence-corrected chi connectivity index (χ0v) is 10.3. The van der Waals surface area contributed by atoms with Crippen LogP contribution in [0.15, 0.2) is 0 Å². The summed E-state index contributed by atoms with van der Waals surface area (Å²) >= 11 is 3.31. The van der Waals surface area contributed by atoms with Gasteiger partial charge in [-0.15, -0.1) is 0 Å². The lowest BCUT2D eigenvalue weighted by molar-refractivity contribution is 0.0268. The van der Waals surface area contributed by atoms with E-state index in [4.69, 9.17) is 0 Å². The molecule has 2 saturated heterocycles. The molecule has 2 aliphatic rings. The van der Waals surface area contributed by atoms with Crippen LogP contribution in [0.5, 0.6) is 0 Å². The van der Waals surface area contributed by atoms with Crippen molar-refractivity contribution in [2.75, 3.05) is 45.1 Å². The number of likely N-dealkylation sites (tertiary alicyclic amines) is 2. The largest absolute Gasteiger partial charge is 0.391 e. The minimum atomic E-state index is -0.206. The van der Waals surface area contributed by atoms with Gasteiger partial charge >= 0.3 is 0 Å². The molecular formula is C10H19BrN2O. The number of hydrogen-bond donors (Lipinski definition) is 1. The molecule has 0 aromatic carbocycles. The van der Waals surface area contributed by atoms with Crippen molar-refractivity contribution in [1.82, 2.24) is 9.80 Å². The van der Waals surface area contributed by atoms with E-state index in [0.717, 1.165) is 13.1 Å². The molecule has 0 radical (unpaired) electrons. The van der Waals surface area contributed by atoms with Gasteiger partial charge in [-0.25, -0.2) is 0 Å². The Balaban J connectivity index is 1.78. The van der Waals surface area contributed by atoms with Crippen molar-refractivity contribution in [3.05, 3.63) is 0 Å². The summed E-state index contributed by atoms with van der Waals surface area (Å²) in [6.07, 6.45) is 1.11. The van der Waals surface area contributed by atoms with Gasteiger partial charge in [0.1, 0.15) is 0 Å². The third-order valence-corrected chi connectivity index (χ3v) is 4.12. The molecule has 0 aliphatic carbocycles. The van der Waals surface area contributed by atoms with E-state index in [1.807, 2.05) is 0 Å². The first-order chi connectivity index (χ1) is 6.63. The number of nitrogens with zero attached hydrogens (tertiary/aromatic N) is 2. The monoisotopic (exact) mass is 262 g/mol. The summed E-state index contributed by atoms with van der Waals surface area (Å²) in [7, 11) is 2.18. The lowest BCUT2D eigenvalue weighted by atomic mass is 9.79. The normalized spacial score (nSPS) is 29.4. The second-order valence-corrected chi connectivity index (χ2v) is 5.61. The van der Waals surface area contributed by atoms with Crippen molar-refractivity contribution in [3.63, 3.8) is 0 Å². The van der Waals surface area contributed by atoms with E-state index in [-0.39, 0.29) is 6.10 Å². The van der Waals surface area contributed by atoms with Crippen LogP contribution < -0.4 is 0 Å². The smallest absolute Gasteiger partial charge is 0.0763 e. The quantitative estimate of drug-likeness (QED) is 0.746. The van der Waals surface area contributed by atoms with Gasteiger partial charge in [-0.3, -0.25) is 0 Å². The minimum absolute atomic E-state index is 0.206. The number of aliphatic hydroxyl groups excluding tert-OH is 1. The van der Waals surface area contributed by atoms with Gasteiger partial charge < -0.3 is 14.9 Å². The first-order valence-corrected chi connectivity index (χ1v) is 6.41. The standard InChI is InChI=1S/C10H19BrN2O/c1-12-6-10(7-12)2-3-13(8-10)5-9(14)4-11/h9,14H,2-8H2,1H3. The Labute approximate surface area is 94.2 Å². The average molecular weight is 263 g/mol. The Bertz CT molecular complexity index is 206. The molecule has 82 valence electrons. The summed E-state index contributed by atoms with van der Waals surface area (Å²) in [4.78, 5) is 4.78. The number of aliphatic hydroxyl groups is 1. The fourth-order valence-corrected chi connectivity index (χ4v) is 3.09. The first-order valence-electron chi connectivity index (χ1n) is 5.28. The van der Waals surface area contributed by atoms with E-state index < -0.39 is 0 Å². The van der Waals surface area contributed by atoms with E-state index in [1.165, 1.54) is 26.1 Å². The Morgan fingerprint density at radius 3 is 2.71 bits per heavy atom. The summed E-state index contributed by atoms with van der Waals surface area (Å²) in [5, 5.41) is 10.2. The Kier molecular flexibility index (Phi) is 3.17. The maximum atomic E-state index is 9.53. The zero-order valence-electron chi connectivity index (χ0n) is 8.75. The Morgan fingerprint density at radius 1 is 1.43 bits per heavy atom. The van der Waals surface area contributed by atoms with Crippen LogP contribution in [-0.4, -0.2) is 66.1 Å². The molecule has 2 heterocycles. The number of hydrogen-bond acceptors (Lipinski definition) is 3. The van der Waals surface area contributed by atoms with Crippen molar-refractivity contribution in [3.8, 4) is 0 Å². The molecule has 0 saturated carbocycles. The van der Waals surface area contributed by atoms with Gasteiger partial charge in [0, 0.05) is 36.9 Å². The highest BCUT2D eigenvalue weighted by molar-refractivity contribution is 9.09. The molecule has 4 heteroatoms. The Hall–Kier alpha value is 0.360. The van der Waals surface area contributed by atoms with Gasteiger partial charge in [0.2, 0.25) is 0 Å². The zero-order chi connectivity index (χ0) is 10.2. The maximum Gasteiger partial charge on any atom is 0.0763 e. The van der Waals surface area contributed by atoms with Crippen LogP contribution >= 0.6 is 15.9 Å². The van der Waals surface area contributed by atoms with Gasteiger partial charge in [-0.1, -0.05) is 15.9 Å². The van der Waals surface area contributed by atoms with Crippen molar-refractivity contribution in [1.29, 1.82) is 0 Å². The highest BCUT2D eigenvalue weighted by atomic mass is 79.9. The van der Waals surface area contributed by atoms with Crippen molar-refractivity contribution >= 4 is 15.9 Å². The van der Waals surface area contributed by atoms with Gasteiger partial charge in [0.25, 0.3) is 0 Å². The topological polar surface area (TPSA) is 26.7 Å². The maximum absolute atomic E-state index is 9.53. The van der Waals surface area contributed by atoms with Crippen LogP contribution in [0.2, 0.25) is 0 Å². The first kappa shape index (κ1) is 10.9. The van der Waals surface area contributed by atoms with E-state index in [9.17, 15) is 5.11 Å². The third-order valence-electron chi connectivity index (χ3n) is 3.38. The molecule has 0 aromatic rings. The van der Waals surface area contributed by atoms with Crippen LogP contribution in [-0.2, 0) is 0 Å². The number of β-amino-alcohol motifs (C(OH)–C–C–N with tert-alkyl or cyclic N) is 1. The summed E-state index contributed by atoms with van der Waals surface area (Å²) in [6.45, 7) is 5.66. The summed E-state index contributed by atoms with van der Waals surface area (Å²) in [5.41, 5.74) is 0.570. The average Bonchev–Trinajstić information content (AvgIpc) is 2.48. The van der Waals surface area contributed by atoms with E-state index in [2.05, 4.69) is 32.8 Å². The van der Waals surface area contributed by atoms with Crippen molar-refractivity contribution < 1.29 is 5.11 Å². The fourth-order valence-electron chi connectivity index (χ4n) is 2.89. The fraction of sp³-hybridized carbons (Fsp3) is 1.00. The molecule has 14 heavy (non-hydrogen) atoms. The number of halogens is 1. The molecule has 1 N–H and O–H groups in total. The van der Waals surface area contributed by atoms with E-state index in [1.54, 1.807) is 0 Å². The highest BCUT2D eigenvalue weighted by Crippen LogP contribution is 2.38. The molecule has 0 bridgehead atoms. The van der Waals surface area contributed by atoms with Crippen LogP contribution in [0.4, 0.5) is 0 Å². The SMILES string of the molecule is CN1CC2(CCN(CC(O)CBr)C2)C1. The van der Waals surface area contributed by atoms with E-state index in [0.29, 0.717) is 10.7 Å². The molecule has 3 nitrogen and oxygen atoms in total. The highest BCUT2D eigenvalue weighted by Gasteiger charge is 2.45. The van der Waals surface area contributed by atoms with E-state index >= 15 is 0 Å². The molecule has 0 aromatic heterocycles. The lowest BCUT2D eigenvalue weighted by Crippen LogP contribution is -2.55. The molecule has 2 fully saturated rings. The van der Waals surface area contributed by atoms with Crippen LogP contribution in [0.1, 0.15) is 6.42 Å². The molecule has 2 aliphatic heterocycles. The molecule has 2 rings (SSSR count). The summed E-state index contributed by atoms with van der Waals surface area (Å²) in [6, 6.07) is 0. The molecular weight excluding hydrogens is 244 g/mol. The minimum Gasteiger partial charge on any atom is -0.391 e. The van der Waals surface area contributed by atoms with Crippen LogP contribution in [0.3, 0.4) is 0 Å². The van der Waals surface area contributed by atoms with Gasteiger partial charge in [-0.2, -0.15) is 0 Å². The van der Waals surface area contributed by atoms with Crippen LogP contribution in [0.25, 0.3) is 0 Å². The predicted molar refractivity (Wildman–Crippen MR) is 60.8 cm³/mol. The predicted octanol–water partition coefficient (Wildman–Crippen LogP) is 0.380. The number of alkyl halides is 1. The van der Waals surface area contributed by atoms with Crippen molar-refractivity contribution in [2.45, 2.75) is 12.5 Å². The summed E-state index contributed by atoms with van der Waals surface area (Å²) in [5.74, 6) is 0. The van der Waals surface area contributed by atoms with Crippen LogP contribution in [0, 0.1) is 5.41 Å². The summed E-state index contributed by atoms with van der Waals surface area (Å²) < 4.78 is 0. The molecule has 0 amide bonds. The van der Waals surface area contributed by atoms with Gasteiger partial charge in [0.05, 0.1) is 6.10 Å². The lowest BCUT2D eigenvalue weighted by Gasteiger charge is -2.46. The second-order valence-electron chi connectivity index (χ2n) is 4.97. The molecule has 1 spiro atoms. The molecule has 1 atom stereocenters. The van der Waals surface area contributed by atoms with Gasteiger partial charge in [-0.05, 0) is 20.0 Å². The number of rotatable bonds is 3. The Morgan fingerprint density at radius 2 is 2.14 bits per heavy atom. The van der Waals surface area contributed by atoms with Gasteiger partial charge in [0.15, 0.2) is 0 Å². The van der Waals surface area contributed by atoms with Crippen molar-refractivity contribution in [2.24, 2.45) is 5.41 Å². The third kappa shape index (κ3) is 2.13. The molecule has 1 unspecified atom stereocenters.